The summed E-state index contributed by atoms with van der Waals surface area (Å²) in [4.78, 5) is 18.4. The van der Waals surface area contributed by atoms with Crippen molar-refractivity contribution in [3.05, 3.63) is 47.4 Å². The van der Waals surface area contributed by atoms with E-state index in [0.717, 1.165) is 50.2 Å². The average molecular weight is 379 g/mol. The third kappa shape index (κ3) is 2.61. The first-order valence-electron chi connectivity index (χ1n) is 9.82. The zero-order valence-corrected chi connectivity index (χ0v) is 16.3. The number of fused-ring (bicyclic) bond motifs is 4. The summed E-state index contributed by atoms with van der Waals surface area (Å²) in [6.07, 6.45) is 6.23. The molecule has 1 spiro atoms. The number of likely N-dealkylation sites (tertiary alicyclic amines) is 1. The number of carbonyl (C=O) groups is 1. The lowest BCUT2D eigenvalue weighted by molar-refractivity contribution is 0.0626. The van der Waals surface area contributed by atoms with Gasteiger partial charge in [0, 0.05) is 49.5 Å². The van der Waals surface area contributed by atoms with Crippen molar-refractivity contribution in [2.45, 2.75) is 24.8 Å². The molecule has 0 unspecified atom stereocenters. The lowest BCUT2D eigenvalue weighted by Gasteiger charge is -2.44. The predicted octanol–water partition coefficient (Wildman–Crippen LogP) is 2.19. The van der Waals surface area contributed by atoms with Gasteiger partial charge in [-0.15, -0.1) is 0 Å². The Kier molecular flexibility index (Phi) is 3.94. The van der Waals surface area contributed by atoms with Gasteiger partial charge in [0.1, 0.15) is 5.75 Å². The van der Waals surface area contributed by atoms with E-state index in [-0.39, 0.29) is 11.4 Å². The van der Waals surface area contributed by atoms with E-state index in [1.165, 1.54) is 16.6 Å². The Morgan fingerprint density at radius 3 is 2.82 bits per heavy atom. The first-order valence-corrected chi connectivity index (χ1v) is 9.82. The van der Waals surface area contributed by atoms with E-state index in [2.05, 4.69) is 27.5 Å². The molecule has 5 rings (SSSR count). The fourth-order valence-corrected chi connectivity index (χ4v) is 4.77. The van der Waals surface area contributed by atoms with Gasteiger partial charge in [-0.2, -0.15) is 5.10 Å². The van der Waals surface area contributed by atoms with Gasteiger partial charge in [0.15, 0.2) is 0 Å². The highest BCUT2D eigenvalue weighted by molar-refractivity contribution is 5.94. The van der Waals surface area contributed by atoms with Crippen LogP contribution in [0.2, 0.25) is 0 Å². The number of nitrogens with zero attached hydrogens (tertiary/aromatic N) is 3. The number of aromatic nitrogens is 3. The summed E-state index contributed by atoms with van der Waals surface area (Å²) in [5, 5.41) is 9.15. The number of piperidine rings is 1. The Bertz CT molecular complexity index is 1040. The standard InChI is InChI=1S/C21H25N5O2/c1-25-13-14(12-23-25)20(27)26-9-6-21(7-10-26)19-16(5-8-22-21)17-11-15(28-2)3-4-18(17)24-19/h3-4,11-13,22,24H,5-10H2,1-2H3. The first kappa shape index (κ1) is 17.3. The highest BCUT2D eigenvalue weighted by Crippen LogP contribution is 2.41. The summed E-state index contributed by atoms with van der Waals surface area (Å²) >= 11 is 0. The lowest BCUT2D eigenvalue weighted by atomic mass is 9.79. The third-order valence-electron chi connectivity index (χ3n) is 6.29. The number of aromatic amines is 1. The summed E-state index contributed by atoms with van der Waals surface area (Å²) in [6.45, 7) is 2.42. The maximum Gasteiger partial charge on any atom is 0.257 e. The van der Waals surface area contributed by atoms with E-state index < -0.39 is 0 Å². The molecule has 0 radical (unpaired) electrons. The second kappa shape index (κ2) is 6.38. The maximum absolute atomic E-state index is 12.8. The number of carbonyl (C=O) groups excluding carboxylic acids is 1. The van der Waals surface area contributed by atoms with Gasteiger partial charge in [0.05, 0.1) is 24.4 Å². The molecule has 2 aromatic heterocycles. The topological polar surface area (TPSA) is 75.2 Å². The molecule has 4 heterocycles. The van der Waals surface area contributed by atoms with Gasteiger partial charge in [0.25, 0.3) is 5.91 Å². The minimum absolute atomic E-state index is 0.0698. The largest absolute Gasteiger partial charge is 0.497 e. The Morgan fingerprint density at radius 1 is 1.29 bits per heavy atom. The molecule has 1 fully saturated rings. The van der Waals surface area contributed by atoms with Crippen LogP contribution in [-0.4, -0.2) is 52.3 Å². The SMILES string of the molecule is COc1ccc2[nH]c3c(c2c1)CCNC31CCN(C(=O)c2cnn(C)c2)CC1. The molecule has 1 aromatic carbocycles. The van der Waals surface area contributed by atoms with Gasteiger partial charge in [-0.1, -0.05) is 0 Å². The molecule has 1 saturated heterocycles. The number of H-pyrrole nitrogens is 1. The fraction of sp³-hybridized carbons (Fsp3) is 0.429. The van der Waals surface area contributed by atoms with E-state index in [4.69, 9.17) is 4.74 Å². The van der Waals surface area contributed by atoms with Crippen LogP contribution in [-0.2, 0) is 19.0 Å². The number of hydrogen-bond acceptors (Lipinski definition) is 4. The first-order chi connectivity index (χ1) is 13.6. The van der Waals surface area contributed by atoms with Crippen molar-refractivity contribution in [1.82, 2.24) is 25.0 Å². The fourth-order valence-electron chi connectivity index (χ4n) is 4.77. The van der Waals surface area contributed by atoms with E-state index in [1.807, 2.05) is 18.0 Å². The molecule has 2 N–H and O–H groups in total. The van der Waals surface area contributed by atoms with Crippen LogP contribution in [0, 0.1) is 0 Å². The average Bonchev–Trinajstić information content (AvgIpc) is 3.32. The molecule has 7 heteroatoms. The number of nitrogens with one attached hydrogen (secondary N) is 2. The number of ether oxygens (including phenoxy) is 1. The monoisotopic (exact) mass is 379 g/mol. The van der Waals surface area contributed by atoms with Gasteiger partial charge in [-0.05, 0) is 43.0 Å². The van der Waals surface area contributed by atoms with E-state index in [1.54, 1.807) is 24.2 Å². The molecular weight excluding hydrogens is 354 g/mol. The lowest BCUT2D eigenvalue weighted by Crippen LogP contribution is -2.55. The number of methoxy groups -OCH3 is 1. The van der Waals surface area contributed by atoms with Crippen LogP contribution in [0.25, 0.3) is 10.9 Å². The Labute approximate surface area is 163 Å². The van der Waals surface area contributed by atoms with Crippen LogP contribution >= 0.6 is 0 Å². The molecule has 0 atom stereocenters. The zero-order chi connectivity index (χ0) is 19.3. The summed E-state index contributed by atoms with van der Waals surface area (Å²) < 4.78 is 7.10. The molecule has 0 aliphatic carbocycles. The van der Waals surface area contributed by atoms with Gasteiger partial charge in [-0.25, -0.2) is 0 Å². The molecular formula is C21H25N5O2. The van der Waals surface area contributed by atoms with Crippen LogP contribution in [0.1, 0.15) is 34.5 Å². The Hall–Kier alpha value is -2.80. The van der Waals surface area contributed by atoms with Gasteiger partial charge < -0.3 is 19.9 Å². The van der Waals surface area contributed by atoms with Gasteiger partial charge >= 0.3 is 0 Å². The summed E-state index contributed by atoms with van der Waals surface area (Å²) in [5.74, 6) is 0.958. The molecule has 2 aliphatic rings. The van der Waals surface area contributed by atoms with Crippen LogP contribution in [0.4, 0.5) is 0 Å². The molecule has 0 saturated carbocycles. The van der Waals surface area contributed by atoms with Crippen LogP contribution in [0.15, 0.2) is 30.6 Å². The second-order valence-corrected chi connectivity index (χ2v) is 7.84. The summed E-state index contributed by atoms with van der Waals surface area (Å²) in [7, 11) is 3.54. The summed E-state index contributed by atoms with van der Waals surface area (Å²) in [6, 6.07) is 6.23. The molecule has 2 aliphatic heterocycles. The second-order valence-electron chi connectivity index (χ2n) is 7.84. The van der Waals surface area contributed by atoms with Crippen molar-refractivity contribution >= 4 is 16.8 Å². The van der Waals surface area contributed by atoms with E-state index in [9.17, 15) is 4.79 Å². The van der Waals surface area contributed by atoms with Crippen LogP contribution in [0.3, 0.4) is 0 Å². The van der Waals surface area contributed by atoms with E-state index in [0.29, 0.717) is 5.56 Å². The van der Waals surface area contributed by atoms with Crippen molar-refractivity contribution < 1.29 is 9.53 Å². The van der Waals surface area contributed by atoms with Crippen molar-refractivity contribution in [3.8, 4) is 5.75 Å². The Morgan fingerprint density at radius 2 is 2.11 bits per heavy atom. The summed E-state index contributed by atoms with van der Waals surface area (Å²) in [5.41, 5.74) is 4.40. The highest BCUT2D eigenvalue weighted by Gasteiger charge is 2.42. The molecule has 0 bridgehead atoms. The minimum atomic E-state index is -0.0917. The predicted molar refractivity (Wildman–Crippen MR) is 107 cm³/mol. The number of hydrogen-bond donors (Lipinski definition) is 2. The normalized spacial score (nSPS) is 18.4. The van der Waals surface area contributed by atoms with Crippen molar-refractivity contribution in [3.63, 3.8) is 0 Å². The van der Waals surface area contributed by atoms with Crippen molar-refractivity contribution in [2.24, 2.45) is 7.05 Å². The van der Waals surface area contributed by atoms with Crippen LogP contribution < -0.4 is 10.1 Å². The van der Waals surface area contributed by atoms with Gasteiger partial charge in [0.2, 0.25) is 0 Å². The maximum atomic E-state index is 12.8. The smallest absolute Gasteiger partial charge is 0.257 e. The van der Waals surface area contributed by atoms with Crippen molar-refractivity contribution in [2.75, 3.05) is 26.7 Å². The molecule has 28 heavy (non-hydrogen) atoms. The molecule has 7 nitrogen and oxygen atoms in total. The third-order valence-corrected chi connectivity index (χ3v) is 6.29. The quantitative estimate of drug-likeness (QED) is 0.716. The highest BCUT2D eigenvalue weighted by atomic mass is 16.5. The van der Waals surface area contributed by atoms with E-state index >= 15 is 0 Å². The molecule has 1 amide bonds. The Balaban J connectivity index is 1.43. The molecule has 3 aromatic rings. The van der Waals surface area contributed by atoms with Gasteiger partial charge in [-0.3, -0.25) is 9.48 Å². The number of amides is 1. The number of benzene rings is 1. The van der Waals surface area contributed by atoms with Crippen molar-refractivity contribution in [1.29, 1.82) is 0 Å². The number of aryl methyl sites for hydroxylation is 1. The zero-order valence-electron chi connectivity index (χ0n) is 16.3. The van der Waals surface area contributed by atoms with Crippen LogP contribution in [0.5, 0.6) is 5.75 Å². The minimum Gasteiger partial charge on any atom is -0.497 e. The number of rotatable bonds is 2. The molecule has 146 valence electrons.